The molecule has 0 radical (unpaired) electrons. The standard InChI is InChI=1S/C17H22N4O3/c1-11(10-18)8-14(16(19)23)21-17(24)15(20-12(2)22)9-13-6-4-3-5-7-13/h3-7,11,14-15H,8-9H2,1-2H3,(H2,19,23)(H,20,22)(H,21,24)/t11-,14-,15+/m1/s1. The molecule has 4 N–H and O–H groups in total. The average molecular weight is 330 g/mol. The fraction of sp³-hybridized carbons (Fsp3) is 0.412. The van der Waals surface area contributed by atoms with Crippen LogP contribution >= 0.6 is 0 Å². The molecule has 7 nitrogen and oxygen atoms in total. The number of carbonyl (C=O) groups is 3. The van der Waals surface area contributed by atoms with E-state index in [0.29, 0.717) is 0 Å². The van der Waals surface area contributed by atoms with Crippen molar-refractivity contribution in [1.82, 2.24) is 10.6 Å². The third-order valence-corrected chi connectivity index (χ3v) is 3.45. The first-order chi connectivity index (χ1) is 11.3. The van der Waals surface area contributed by atoms with Crippen molar-refractivity contribution in [2.75, 3.05) is 0 Å². The number of rotatable bonds is 8. The van der Waals surface area contributed by atoms with Gasteiger partial charge in [0.2, 0.25) is 17.7 Å². The van der Waals surface area contributed by atoms with Crippen LogP contribution in [0.1, 0.15) is 25.8 Å². The second-order valence-electron chi connectivity index (χ2n) is 5.67. The number of hydrogen-bond acceptors (Lipinski definition) is 4. The van der Waals surface area contributed by atoms with Gasteiger partial charge in [-0.15, -0.1) is 0 Å². The van der Waals surface area contributed by atoms with Crippen LogP contribution in [0.2, 0.25) is 0 Å². The maximum atomic E-state index is 12.5. The van der Waals surface area contributed by atoms with Crippen molar-refractivity contribution in [2.45, 2.75) is 38.8 Å². The van der Waals surface area contributed by atoms with Crippen molar-refractivity contribution in [3.05, 3.63) is 35.9 Å². The number of amides is 3. The summed E-state index contributed by atoms with van der Waals surface area (Å²) in [6.45, 7) is 2.95. The zero-order valence-corrected chi connectivity index (χ0v) is 13.8. The van der Waals surface area contributed by atoms with E-state index in [1.165, 1.54) is 6.92 Å². The molecule has 0 aliphatic carbocycles. The van der Waals surface area contributed by atoms with Gasteiger partial charge in [-0.05, 0) is 18.9 Å². The highest BCUT2D eigenvalue weighted by atomic mass is 16.2. The van der Waals surface area contributed by atoms with E-state index in [2.05, 4.69) is 10.6 Å². The summed E-state index contributed by atoms with van der Waals surface area (Å²) in [6.07, 6.45) is 0.404. The summed E-state index contributed by atoms with van der Waals surface area (Å²) in [5, 5.41) is 14.0. The Morgan fingerprint density at radius 1 is 1.17 bits per heavy atom. The minimum atomic E-state index is -0.959. The molecule has 128 valence electrons. The van der Waals surface area contributed by atoms with Gasteiger partial charge in [-0.1, -0.05) is 30.3 Å². The number of nitrogens with two attached hydrogens (primary N) is 1. The maximum absolute atomic E-state index is 12.5. The van der Waals surface area contributed by atoms with Gasteiger partial charge in [0.25, 0.3) is 0 Å². The molecule has 0 aromatic heterocycles. The Labute approximate surface area is 141 Å². The molecule has 0 heterocycles. The van der Waals surface area contributed by atoms with Crippen molar-refractivity contribution in [3.63, 3.8) is 0 Å². The van der Waals surface area contributed by atoms with Crippen LogP contribution < -0.4 is 16.4 Å². The quantitative estimate of drug-likeness (QED) is 0.632. The van der Waals surface area contributed by atoms with E-state index in [-0.39, 0.29) is 18.7 Å². The van der Waals surface area contributed by atoms with Gasteiger partial charge in [-0.2, -0.15) is 5.26 Å². The molecule has 0 aliphatic rings. The third-order valence-electron chi connectivity index (χ3n) is 3.45. The van der Waals surface area contributed by atoms with Crippen LogP contribution in [-0.4, -0.2) is 29.8 Å². The molecule has 0 unspecified atom stereocenters. The molecule has 0 spiro atoms. The van der Waals surface area contributed by atoms with Gasteiger partial charge in [-0.25, -0.2) is 0 Å². The van der Waals surface area contributed by atoms with Crippen LogP contribution in [0, 0.1) is 17.2 Å². The van der Waals surface area contributed by atoms with Crippen LogP contribution in [0.3, 0.4) is 0 Å². The fourth-order valence-electron chi connectivity index (χ4n) is 2.23. The van der Waals surface area contributed by atoms with Crippen LogP contribution in [0.15, 0.2) is 30.3 Å². The summed E-state index contributed by atoms with van der Waals surface area (Å²) < 4.78 is 0. The molecule has 1 aromatic rings. The second-order valence-corrected chi connectivity index (χ2v) is 5.67. The van der Waals surface area contributed by atoms with E-state index in [1.807, 2.05) is 36.4 Å². The first-order valence-corrected chi connectivity index (χ1v) is 7.63. The first kappa shape index (κ1) is 19.2. The van der Waals surface area contributed by atoms with E-state index < -0.39 is 29.8 Å². The van der Waals surface area contributed by atoms with Crippen LogP contribution in [0.25, 0.3) is 0 Å². The largest absolute Gasteiger partial charge is 0.368 e. The molecule has 0 saturated heterocycles. The number of primary amides is 1. The number of nitrogens with zero attached hydrogens (tertiary/aromatic N) is 1. The highest BCUT2D eigenvalue weighted by molar-refractivity contribution is 5.91. The Hall–Kier alpha value is -2.88. The summed E-state index contributed by atoms with van der Waals surface area (Å²) in [7, 11) is 0. The van der Waals surface area contributed by atoms with E-state index in [9.17, 15) is 14.4 Å². The molecule has 1 rings (SSSR count). The molecule has 24 heavy (non-hydrogen) atoms. The zero-order chi connectivity index (χ0) is 18.1. The van der Waals surface area contributed by atoms with E-state index in [0.717, 1.165) is 5.56 Å². The number of benzene rings is 1. The average Bonchev–Trinajstić information content (AvgIpc) is 2.53. The summed E-state index contributed by atoms with van der Waals surface area (Å²) in [5.41, 5.74) is 6.16. The van der Waals surface area contributed by atoms with Crippen molar-refractivity contribution in [2.24, 2.45) is 11.7 Å². The number of nitriles is 1. The lowest BCUT2D eigenvalue weighted by Gasteiger charge is -2.22. The number of hydrogen-bond donors (Lipinski definition) is 3. The number of carbonyl (C=O) groups excluding carboxylic acids is 3. The van der Waals surface area contributed by atoms with Crippen LogP contribution in [-0.2, 0) is 20.8 Å². The Kier molecular flexibility index (Phi) is 7.43. The lowest BCUT2D eigenvalue weighted by atomic mass is 10.0. The van der Waals surface area contributed by atoms with Crippen LogP contribution in [0.4, 0.5) is 0 Å². The first-order valence-electron chi connectivity index (χ1n) is 7.63. The number of nitrogens with one attached hydrogen (secondary N) is 2. The lowest BCUT2D eigenvalue weighted by molar-refractivity contribution is -0.131. The lowest BCUT2D eigenvalue weighted by Crippen LogP contribution is -2.53. The summed E-state index contributed by atoms with van der Waals surface area (Å²) in [5.74, 6) is -2.02. The molecule has 3 atom stereocenters. The van der Waals surface area contributed by atoms with Gasteiger partial charge in [0.1, 0.15) is 12.1 Å². The van der Waals surface area contributed by atoms with Crippen molar-refractivity contribution < 1.29 is 14.4 Å². The molecular formula is C17H22N4O3. The Balaban J connectivity index is 2.84. The van der Waals surface area contributed by atoms with E-state index in [4.69, 9.17) is 11.0 Å². The molecule has 0 bridgehead atoms. The van der Waals surface area contributed by atoms with E-state index in [1.54, 1.807) is 6.92 Å². The minimum absolute atomic E-state index is 0.121. The summed E-state index contributed by atoms with van der Waals surface area (Å²) in [6, 6.07) is 9.40. The SMILES string of the molecule is CC(=O)N[C@@H](Cc1ccccc1)C(=O)N[C@H](C[C@@H](C)C#N)C(N)=O. The Morgan fingerprint density at radius 2 is 1.79 bits per heavy atom. The molecule has 0 aliphatic heterocycles. The normalized spacial score (nSPS) is 13.9. The minimum Gasteiger partial charge on any atom is -0.368 e. The zero-order valence-electron chi connectivity index (χ0n) is 13.8. The van der Waals surface area contributed by atoms with Crippen molar-refractivity contribution >= 4 is 17.7 Å². The van der Waals surface area contributed by atoms with Gasteiger partial charge in [0.05, 0.1) is 6.07 Å². The predicted molar refractivity (Wildman–Crippen MR) is 88.3 cm³/mol. The summed E-state index contributed by atoms with van der Waals surface area (Å²) in [4.78, 5) is 35.3. The molecule has 0 saturated carbocycles. The molecular weight excluding hydrogens is 308 g/mol. The molecule has 7 heteroatoms. The molecule has 0 fully saturated rings. The molecule has 1 aromatic carbocycles. The fourth-order valence-corrected chi connectivity index (χ4v) is 2.23. The molecule has 3 amide bonds. The van der Waals surface area contributed by atoms with Crippen LogP contribution in [0.5, 0.6) is 0 Å². The highest BCUT2D eigenvalue weighted by Gasteiger charge is 2.26. The smallest absolute Gasteiger partial charge is 0.243 e. The van der Waals surface area contributed by atoms with Gasteiger partial charge < -0.3 is 16.4 Å². The topological polar surface area (TPSA) is 125 Å². The maximum Gasteiger partial charge on any atom is 0.243 e. The Bertz CT molecular complexity index is 624. The van der Waals surface area contributed by atoms with E-state index >= 15 is 0 Å². The predicted octanol–water partition coefficient (Wildman–Crippen LogP) is 0.254. The second kappa shape index (κ2) is 9.30. The van der Waals surface area contributed by atoms with Gasteiger partial charge in [-0.3, -0.25) is 14.4 Å². The monoisotopic (exact) mass is 330 g/mol. The van der Waals surface area contributed by atoms with Gasteiger partial charge in [0.15, 0.2) is 0 Å². The van der Waals surface area contributed by atoms with Crippen molar-refractivity contribution in [1.29, 1.82) is 5.26 Å². The highest BCUT2D eigenvalue weighted by Crippen LogP contribution is 2.07. The van der Waals surface area contributed by atoms with Crippen molar-refractivity contribution in [3.8, 4) is 6.07 Å². The van der Waals surface area contributed by atoms with Gasteiger partial charge in [0, 0.05) is 19.3 Å². The third kappa shape index (κ3) is 6.48. The Morgan fingerprint density at radius 3 is 2.29 bits per heavy atom. The van der Waals surface area contributed by atoms with Gasteiger partial charge >= 0.3 is 0 Å². The summed E-state index contributed by atoms with van der Waals surface area (Å²) >= 11 is 0.